The van der Waals surface area contributed by atoms with Crippen LogP contribution in [0, 0.1) is 12.7 Å². The minimum absolute atomic E-state index is 0.00609. The van der Waals surface area contributed by atoms with Gasteiger partial charge < -0.3 is 5.11 Å². The monoisotopic (exact) mass is 297 g/mol. The molecule has 0 aliphatic rings. The minimum Gasteiger partial charge on any atom is -0.481 e. The Bertz CT molecular complexity index is 598. The fourth-order valence-electron chi connectivity index (χ4n) is 1.55. The Morgan fingerprint density at radius 3 is 2.89 bits per heavy atom. The first-order chi connectivity index (χ1) is 9.06. The van der Waals surface area contributed by atoms with Gasteiger partial charge in [0.25, 0.3) is 0 Å². The third-order valence-corrected chi connectivity index (χ3v) is 4.84. The van der Waals surface area contributed by atoms with E-state index in [1.54, 1.807) is 25.1 Å². The molecule has 0 radical (unpaired) electrons. The summed E-state index contributed by atoms with van der Waals surface area (Å²) in [7, 11) is 0. The topological polar surface area (TPSA) is 50.2 Å². The summed E-state index contributed by atoms with van der Waals surface area (Å²) in [6, 6.07) is 6.58. The number of thiazole rings is 1. The van der Waals surface area contributed by atoms with E-state index in [1.165, 1.54) is 29.2 Å². The van der Waals surface area contributed by atoms with Crippen molar-refractivity contribution in [3.8, 4) is 0 Å². The number of benzene rings is 1. The molecule has 2 rings (SSSR count). The molecule has 1 aromatic heterocycles. The van der Waals surface area contributed by atoms with Crippen LogP contribution in [0.15, 0.2) is 29.2 Å². The van der Waals surface area contributed by atoms with Gasteiger partial charge in [0.05, 0.1) is 17.9 Å². The number of carbonyl (C=O) groups is 1. The lowest BCUT2D eigenvalue weighted by molar-refractivity contribution is -0.136. The summed E-state index contributed by atoms with van der Waals surface area (Å²) in [4.78, 5) is 16.3. The summed E-state index contributed by atoms with van der Waals surface area (Å²) in [6.07, 6.45) is -0.00609. The number of nitrogens with zero attached hydrogens (tertiary/aromatic N) is 1. The molecular weight excluding hydrogens is 285 g/mol. The lowest BCUT2D eigenvalue weighted by Crippen LogP contribution is -1.99. The number of hydrogen-bond acceptors (Lipinski definition) is 4. The van der Waals surface area contributed by atoms with Gasteiger partial charge in [-0.25, -0.2) is 9.37 Å². The number of aryl methyl sites for hydroxylation is 1. The van der Waals surface area contributed by atoms with E-state index in [-0.39, 0.29) is 12.2 Å². The first-order valence-corrected chi connectivity index (χ1v) is 7.41. The predicted octanol–water partition coefficient (Wildman–Crippen LogP) is 3.51. The Morgan fingerprint density at radius 2 is 2.21 bits per heavy atom. The Hall–Kier alpha value is -1.40. The largest absolute Gasteiger partial charge is 0.481 e. The zero-order valence-electron chi connectivity index (χ0n) is 10.2. The number of rotatable bonds is 5. The van der Waals surface area contributed by atoms with Crippen LogP contribution in [0.3, 0.4) is 0 Å². The summed E-state index contributed by atoms with van der Waals surface area (Å²) >= 11 is 2.74. The van der Waals surface area contributed by atoms with Crippen molar-refractivity contribution >= 4 is 29.1 Å². The van der Waals surface area contributed by atoms with Gasteiger partial charge in [0.15, 0.2) is 0 Å². The zero-order valence-corrected chi connectivity index (χ0v) is 11.9. The van der Waals surface area contributed by atoms with E-state index in [9.17, 15) is 9.18 Å². The molecule has 19 heavy (non-hydrogen) atoms. The molecule has 3 nitrogen and oxygen atoms in total. The van der Waals surface area contributed by atoms with Crippen molar-refractivity contribution in [2.24, 2.45) is 0 Å². The maximum Gasteiger partial charge on any atom is 0.308 e. The van der Waals surface area contributed by atoms with E-state index < -0.39 is 5.97 Å². The number of carboxylic acids is 1. The van der Waals surface area contributed by atoms with E-state index in [4.69, 9.17) is 5.11 Å². The molecule has 0 amide bonds. The lowest BCUT2D eigenvalue weighted by Gasteiger charge is -2.00. The first-order valence-electron chi connectivity index (χ1n) is 5.60. The van der Waals surface area contributed by atoms with Gasteiger partial charge in [-0.3, -0.25) is 4.79 Å². The highest BCUT2D eigenvalue weighted by molar-refractivity contribution is 7.98. The van der Waals surface area contributed by atoms with Crippen LogP contribution in [0.2, 0.25) is 0 Å². The van der Waals surface area contributed by atoms with Gasteiger partial charge in [-0.05, 0) is 19.1 Å². The van der Waals surface area contributed by atoms with Crippen LogP contribution in [-0.4, -0.2) is 16.1 Å². The molecule has 1 aromatic carbocycles. The van der Waals surface area contributed by atoms with Crippen LogP contribution < -0.4 is 0 Å². The van der Waals surface area contributed by atoms with Crippen molar-refractivity contribution in [1.82, 2.24) is 4.98 Å². The molecule has 1 N–H and O–H groups in total. The highest BCUT2D eigenvalue weighted by Gasteiger charge is 2.11. The van der Waals surface area contributed by atoms with Crippen molar-refractivity contribution < 1.29 is 14.3 Å². The summed E-state index contributed by atoms with van der Waals surface area (Å²) in [5.41, 5.74) is 0.747. The van der Waals surface area contributed by atoms with Gasteiger partial charge in [-0.1, -0.05) is 12.1 Å². The van der Waals surface area contributed by atoms with Crippen molar-refractivity contribution in [1.29, 1.82) is 0 Å². The van der Waals surface area contributed by atoms with Gasteiger partial charge >= 0.3 is 5.97 Å². The molecular formula is C13H12FNO2S2. The van der Waals surface area contributed by atoms with Crippen molar-refractivity contribution in [3.63, 3.8) is 0 Å². The molecule has 0 unspecified atom stereocenters. The second-order valence-electron chi connectivity index (χ2n) is 3.91. The molecule has 6 heteroatoms. The van der Waals surface area contributed by atoms with Crippen molar-refractivity contribution in [2.45, 2.75) is 24.0 Å². The quantitative estimate of drug-likeness (QED) is 0.858. The third-order valence-electron chi connectivity index (χ3n) is 2.44. The fraction of sp³-hybridized carbons (Fsp3) is 0.231. The molecule has 2 aromatic rings. The number of hydrogen-bond donors (Lipinski definition) is 1. The number of aliphatic carboxylic acids is 1. The molecule has 100 valence electrons. The molecule has 0 saturated carbocycles. The van der Waals surface area contributed by atoms with Crippen LogP contribution in [0.1, 0.15) is 15.6 Å². The first kappa shape index (κ1) is 14.0. The molecule has 0 saturated heterocycles. The third kappa shape index (κ3) is 3.78. The van der Waals surface area contributed by atoms with E-state index in [2.05, 4.69) is 4.98 Å². The van der Waals surface area contributed by atoms with Gasteiger partial charge in [0.1, 0.15) is 10.8 Å². The van der Waals surface area contributed by atoms with Crippen molar-refractivity contribution in [3.05, 3.63) is 45.7 Å². The molecule has 0 aliphatic carbocycles. The number of thioether (sulfide) groups is 1. The van der Waals surface area contributed by atoms with Gasteiger partial charge in [-0.2, -0.15) is 0 Å². The van der Waals surface area contributed by atoms with Crippen LogP contribution in [-0.2, 0) is 17.0 Å². The summed E-state index contributed by atoms with van der Waals surface area (Å²) < 4.78 is 13.4. The van der Waals surface area contributed by atoms with E-state index >= 15 is 0 Å². The smallest absolute Gasteiger partial charge is 0.308 e. The Labute approximate surface area is 118 Å². The second kappa shape index (κ2) is 6.16. The number of halogens is 1. The summed E-state index contributed by atoms with van der Waals surface area (Å²) in [5.74, 6) is -0.557. The SMILES string of the molecule is Cc1nc(CSc2ccccc2F)sc1CC(=O)O. The Balaban J connectivity index is 2.04. The number of carboxylic acid groups (broad SMARTS) is 1. The average Bonchev–Trinajstić information content (AvgIpc) is 2.68. The molecule has 0 fully saturated rings. The van der Waals surface area contributed by atoms with Crippen LogP contribution >= 0.6 is 23.1 Å². The Kier molecular flexibility index (Phi) is 4.55. The predicted molar refractivity (Wildman–Crippen MR) is 74.2 cm³/mol. The van der Waals surface area contributed by atoms with Crippen LogP contribution in [0.25, 0.3) is 0 Å². The summed E-state index contributed by atoms with van der Waals surface area (Å²) in [6.45, 7) is 1.80. The van der Waals surface area contributed by atoms with E-state index in [1.807, 2.05) is 0 Å². The number of aromatic nitrogens is 1. The van der Waals surface area contributed by atoms with Gasteiger partial charge in [-0.15, -0.1) is 23.1 Å². The van der Waals surface area contributed by atoms with E-state index in [0.29, 0.717) is 10.6 Å². The lowest BCUT2D eigenvalue weighted by atomic mass is 10.3. The molecule has 0 bridgehead atoms. The molecule has 0 atom stereocenters. The zero-order chi connectivity index (χ0) is 13.8. The van der Waals surface area contributed by atoms with Crippen LogP contribution in [0.5, 0.6) is 0 Å². The highest BCUT2D eigenvalue weighted by atomic mass is 32.2. The average molecular weight is 297 g/mol. The standard InChI is InChI=1S/C13H12FNO2S2/c1-8-11(6-13(16)17)19-12(15-8)7-18-10-5-3-2-4-9(10)14/h2-5H,6-7H2,1H3,(H,16,17). The van der Waals surface area contributed by atoms with E-state index in [0.717, 1.165) is 15.6 Å². The second-order valence-corrected chi connectivity index (χ2v) is 6.09. The van der Waals surface area contributed by atoms with Crippen molar-refractivity contribution in [2.75, 3.05) is 0 Å². The van der Waals surface area contributed by atoms with Crippen LogP contribution in [0.4, 0.5) is 4.39 Å². The highest BCUT2D eigenvalue weighted by Crippen LogP contribution is 2.28. The maximum atomic E-state index is 13.4. The molecule has 0 spiro atoms. The maximum absolute atomic E-state index is 13.4. The normalized spacial score (nSPS) is 10.6. The molecule has 0 aliphatic heterocycles. The fourth-order valence-corrected chi connectivity index (χ4v) is 3.55. The molecule has 1 heterocycles. The van der Waals surface area contributed by atoms with Gasteiger partial charge in [0.2, 0.25) is 0 Å². The van der Waals surface area contributed by atoms with Gasteiger partial charge in [0, 0.05) is 9.77 Å². The Morgan fingerprint density at radius 1 is 1.47 bits per heavy atom. The minimum atomic E-state index is -0.861. The summed E-state index contributed by atoms with van der Waals surface area (Å²) in [5, 5.41) is 9.59.